The smallest absolute Gasteiger partial charge is 0.306 e. The van der Waals surface area contributed by atoms with Gasteiger partial charge in [-0.15, -0.1) is 0 Å². The molecule has 0 fully saturated rings. The molecule has 0 saturated heterocycles. The van der Waals surface area contributed by atoms with Gasteiger partial charge in [0.25, 0.3) is 0 Å². The minimum absolute atomic E-state index is 0.0808. The second kappa shape index (κ2) is 67.9. The van der Waals surface area contributed by atoms with Gasteiger partial charge in [-0.1, -0.05) is 345 Å². The first-order valence-corrected chi connectivity index (χ1v) is 35.1. The van der Waals surface area contributed by atoms with Gasteiger partial charge in [0.2, 0.25) is 0 Å². The van der Waals surface area contributed by atoms with E-state index in [-0.39, 0.29) is 31.1 Å². The van der Waals surface area contributed by atoms with Crippen LogP contribution in [0.4, 0.5) is 0 Å². The van der Waals surface area contributed by atoms with E-state index >= 15 is 0 Å². The molecule has 0 atom stereocenters. The lowest BCUT2D eigenvalue weighted by molar-refractivity contribution is -0.167. The minimum atomic E-state index is -0.788. The standard InChI is InChI=1S/C73H134O6/c1-4-7-10-13-16-19-22-25-28-31-34-36-39-41-44-47-50-53-56-59-62-65-71(74)77-68-70(79-73(76)67-64-61-58-55-52-49-46-43-38-33-30-27-24-21-18-15-12-9-6-3)69-78-72(75)66-63-60-57-54-51-48-45-42-40-37-35-32-29-26-23-20-17-14-11-8-5-2/h18,21,27,30,38,43,49,52,70H,4-17,19-20,22-26,28-29,31-37,39-42,44-48,50-51,53-69H2,1-3H3/b21-18-,30-27-,43-38-,52-49-. The predicted molar refractivity (Wildman–Crippen MR) is 344 cm³/mol. The maximum absolute atomic E-state index is 12.9. The first-order chi connectivity index (χ1) is 39.0. The Morgan fingerprint density at radius 2 is 0.456 bits per heavy atom. The Hall–Kier alpha value is -2.63. The summed E-state index contributed by atoms with van der Waals surface area (Å²) in [5, 5.41) is 0. The summed E-state index contributed by atoms with van der Waals surface area (Å²) < 4.78 is 17.0. The topological polar surface area (TPSA) is 78.9 Å². The van der Waals surface area contributed by atoms with Crippen LogP contribution in [0.15, 0.2) is 48.6 Å². The molecule has 0 amide bonds. The van der Waals surface area contributed by atoms with Crippen LogP contribution in [-0.4, -0.2) is 37.2 Å². The average molecular weight is 1110 g/mol. The lowest BCUT2D eigenvalue weighted by Crippen LogP contribution is -2.30. The highest BCUT2D eigenvalue weighted by molar-refractivity contribution is 5.71. The van der Waals surface area contributed by atoms with Crippen molar-refractivity contribution in [2.75, 3.05) is 13.2 Å². The highest BCUT2D eigenvalue weighted by Crippen LogP contribution is 2.18. The molecule has 0 saturated carbocycles. The molecule has 0 heterocycles. The van der Waals surface area contributed by atoms with Gasteiger partial charge < -0.3 is 14.2 Å². The first-order valence-electron chi connectivity index (χ1n) is 35.1. The summed E-state index contributed by atoms with van der Waals surface area (Å²) in [6.45, 7) is 6.67. The van der Waals surface area contributed by atoms with Crippen LogP contribution in [0, 0.1) is 0 Å². The van der Waals surface area contributed by atoms with Gasteiger partial charge in [0.15, 0.2) is 6.10 Å². The summed E-state index contributed by atoms with van der Waals surface area (Å²) >= 11 is 0. The molecular formula is C73H134O6. The number of carbonyl (C=O) groups excluding carboxylic acids is 3. The number of ether oxygens (including phenoxy) is 3. The zero-order valence-electron chi connectivity index (χ0n) is 53.2. The van der Waals surface area contributed by atoms with Crippen molar-refractivity contribution in [2.45, 2.75) is 386 Å². The predicted octanol–water partition coefficient (Wildman–Crippen LogP) is 24.1. The Bertz CT molecular complexity index is 1300. The number of unbranched alkanes of at least 4 members (excludes halogenated alkanes) is 46. The van der Waals surface area contributed by atoms with Gasteiger partial charge in [0.1, 0.15) is 13.2 Å². The van der Waals surface area contributed by atoms with Gasteiger partial charge in [-0.3, -0.25) is 14.4 Å². The maximum atomic E-state index is 12.9. The second-order valence-electron chi connectivity index (χ2n) is 23.8. The molecular weight excluding hydrogens is 973 g/mol. The molecule has 462 valence electrons. The van der Waals surface area contributed by atoms with Crippen molar-refractivity contribution >= 4 is 17.9 Å². The molecule has 0 rings (SSSR count). The molecule has 0 radical (unpaired) electrons. The van der Waals surface area contributed by atoms with E-state index in [1.54, 1.807) is 0 Å². The van der Waals surface area contributed by atoms with E-state index in [1.807, 2.05) is 0 Å². The summed E-state index contributed by atoms with van der Waals surface area (Å²) in [5.41, 5.74) is 0. The van der Waals surface area contributed by atoms with E-state index in [1.165, 1.54) is 257 Å². The monoisotopic (exact) mass is 1110 g/mol. The zero-order valence-corrected chi connectivity index (χ0v) is 53.2. The van der Waals surface area contributed by atoms with E-state index in [9.17, 15) is 14.4 Å². The van der Waals surface area contributed by atoms with Gasteiger partial charge in [-0.25, -0.2) is 0 Å². The summed E-state index contributed by atoms with van der Waals surface area (Å²) in [6.07, 6.45) is 85.6. The lowest BCUT2D eigenvalue weighted by atomic mass is 10.0. The van der Waals surface area contributed by atoms with Crippen LogP contribution in [-0.2, 0) is 28.6 Å². The lowest BCUT2D eigenvalue weighted by Gasteiger charge is -2.18. The third kappa shape index (κ3) is 66.1. The Morgan fingerprint density at radius 1 is 0.253 bits per heavy atom. The van der Waals surface area contributed by atoms with Gasteiger partial charge >= 0.3 is 17.9 Å². The van der Waals surface area contributed by atoms with Crippen LogP contribution < -0.4 is 0 Å². The number of allylic oxidation sites excluding steroid dienone is 8. The number of carbonyl (C=O) groups is 3. The summed E-state index contributed by atoms with van der Waals surface area (Å²) in [7, 11) is 0. The van der Waals surface area contributed by atoms with Crippen molar-refractivity contribution in [2.24, 2.45) is 0 Å². The fourth-order valence-electron chi connectivity index (χ4n) is 10.5. The van der Waals surface area contributed by atoms with Crippen LogP contribution in [0.25, 0.3) is 0 Å². The van der Waals surface area contributed by atoms with Crippen molar-refractivity contribution in [1.29, 1.82) is 0 Å². The Labute approximate surface area is 492 Å². The normalized spacial score (nSPS) is 11.9. The molecule has 0 spiro atoms. The molecule has 0 bridgehead atoms. The summed E-state index contributed by atoms with van der Waals surface area (Å²) in [4.78, 5) is 38.5. The van der Waals surface area contributed by atoms with Crippen LogP contribution in [0.1, 0.15) is 380 Å². The van der Waals surface area contributed by atoms with Crippen molar-refractivity contribution in [3.63, 3.8) is 0 Å². The zero-order chi connectivity index (χ0) is 57.1. The second-order valence-corrected chi connectivity index (χ2v) is 23.8. The highest BCUT2D eigenvalue weighted by atomic mass is 16.6. The molecule has 79 heavy (non-hydrogen) atoms. The van der Waals surface area contributed by atoms with Gasteiger partial charge in [0, 0.05) is 19.3 Å². The molecule has 6 heteroatoms. The van der Waals surface area contributed by atoms with Crippen molar-refractivity contribution in [1.82, 2.24) is 0 Å². The Balaban J connectivity index is 4.36. The van der Waals surface area contributed by atoms with Crippen LogP contribution in [0.2, 0.25) is 0 Å². The molecule has 0 aliphatic carbocycles. The number of hydrogen-bond donors (Lipinski definition) is 0. The fourth-order valence-corrected chi connectivity index (χ4v) is 10.5. The molecule has 0 aliphatic rings. The summed E-state index contributed by atoms with van der Waals surface area (Å²) in [5.74, 6) is -0.883. The van der Waals surface area contributed by atoms with Crippen molar-refractivity contribution in [3.05, 3.63) is 48.6 Å². The molecule has 0 aromatic heterocycles. The molecule has 0 N–H and O–H groups in total. The SMILES string of the molecule is CCCCC/C=C\C/C=C\C/C=C\C/C=C\CCCCCC(=O)OC(COC(=O)CCCCCCCCCCCCCCCCCCCCCCC)COC(=O)CCCCCCCCCCCCCCCCCCCCCCC. The third-order valence-electron chi connectivity index (χ3n) is 15.8. The van der Waals surface area contributed by atoms with E-state index < -0.39 is 6.10 Å². The quantitative estimate of drug-likeness (QED) is 0.0261. The largest absolute Gasteiger partial charge is 0.462 e. The number of hydrogen-bond acceptors (Lipinski definition) is 6. The van der Waals surface area contributed by atoms with Gasteiger partial charge in [-0.05, 0) is 64.2 Å². The van der Waals surface area contributed by atoms with Gasteiger partial charge in [0.05, 0.1) is 0 Å². The van der Waals surface area contributed by atoms with Crippen LogP contribution in [0.3, 0.4) is 0 Å². The van der Waals surface area contributed by atoms with E-state index in [0.29, 0.717) is 19.3 Å². The molecule has 6 nitrogen and oxygen atoms in total. The molecule has 0 aromatic rings. The van der Waals surface area contributed by atoms with Crippen molar-refractivity contribution in [3.8, 4) is 0 Å². The fraction of sp³-hybridized carbons (Fsp3) is 0.849. The average Bonchev–Trinajstić information content (AvgIpc) is 3.45. The third-order valence-corrected chi connectivity index (χ3v) is 15.8. The molecule has 0 aromatic carbocycles. The van der Waals surface area contributed by atoms with E-state index in [2.05, 4.69) is 69.4 Å². The number of rotatable bonds is 65. The van der Waals surface area contributed by atoms with E-state index in [0.717, 1.165) is 83.5 Å². The van der Waals surface area contributed by atoms with Gasteiger partial charge in [-0.2, -0.15) is 0 Å². The van der Waals surface area contributed by atoms with Crippen molar-refractivity contribution < 1.29 is 28.6 Å². The van der Waals surface area contributed by atoms with Crippen LogP contribution >= 0.6 is 0 Å². The first kappa shape index (κ1) is 76.4. The van der Waals surface area contributed by atoms with E-state index in [4.69, 9.17) is 14.2 Å². The molecule has 0 aliphatic heterocycles. The number of esters is 3. The molecule has 0 unspecified atom stereocenters. The Morgan fingerprint density at radius 3 is 0.734 bits per heavy atom. The highest BCUT2D eigenvalue weighted by Gasteiger charge is 2.19. The maximum Gasteiger partial charge on any atom is 0.306 e. The minimum Gasteiger partial charge on any atom is -0.462 e. The Kier molecular flexibility index (Phi) is 65.6. The summed E-state index contributed by atoms with van der Waals surface area (Å²) in [6, 6.07) is 0. The van der Waals surface area contributed by atoms with Crippen LogP contribution in [0.5, 0.6) is 0 Å².